The molecule has 2 aromatic rings. The molecule has 0 bridgehead atoms. The highest BCUT2D eigenvalue weighted by atomic mass is 16.3. The van der Waals surface area contributed by atoms with Gasteiger partial charge in [0.1, 0.15) is 0 Å². The summed E-state index contributed by atoms with van der Waals surface area (Å²) in [6, 6.07) is 14.9. The quantitative estimate of drug-likeness (QED) is 0.839. The van der Waals surface area contributed by atoms with Crippen molar-refractivity contribution in [1.29, 1.82) is 0 Å². The smallest absolute Gasteiger partial charge is 0.0602 e. The van der Waals surface area contributed by atoms with Crippen molar-refractivity contribution in [1.82, 2.24) is 0 Å². The first-order valence-electron chi connectivity index (χ1n) is 7.18. The summed E-state index contributed by atoms with van der Waals surface area (Å²) in [7, 11) is 0. The van der Waals surface area contributed by atoms with Gasteiger partial charge in [0.2, 0.25) is 0 Å². The second-order valence-electron chi connectivity index (χ2n) is 5.48. The molecule has 2 atom stereocenters. The fraction of sp³-hybridized carbons (Fsp3) is 0.333. The molecule has 19 heavy (non-hydrogen) atoms. The third kappa shape index (κ3) is 2.87. The Morgan fingerprint density at radius 1 is 0.947 bits per heavy atom. The lowest BCUT2D eigenvalue weighted by Gasteiger charge is -2.24. The zero-order valence-corrected chi connectivity index (χ0v) is 11.1. The highest BCUT2D eigenvalue weighted by Crippen LogP contribution is 2.26. The van der Waals surface area contributed by atoms with Crippen LogP contribution >= 0.6 is 0 Å². The molecule has 0 aliphatic heterocycles. The van der Waals surface area contributed by atoms with E-state index in [1.165, 1.54) is 29.2 Å². The van der Waals surface area contributed by atoms with E-state index in [1.807, 2.05) is 0 Å². The molecule has 1 fully saturated rings. The third-order valence-corrected chi connectivity index (χ3v) is 4.09. The van der Waals surface area contributed by atoms with Crippen LogP contribution in [0.3, 0.4) is 0 Å². The molecule has 98 valence electrons. The Morgan fingerprint density at radius 3 is 2.58 bits per heavy atom. The maximum Gasteiger partial charge on any atom is 0.0602 e. The van der Waals surface area contributed by atoms with Crippen LogP contribution in [-0.4, -0.2) is 11.2 Å². The number of rotatable bonds is 2. The molecule has 0 heterocycles. The van der Waals surface area contributed by atoms with E-state index < -0.39 is 0 Å². The highest BCUT2D eigenvalue weighted by molar-refractivity contribution is 5.84. The van der Waals surface area contributed by atoms with E-state index in [9.17, 15) is 5.11 Å². The number of benzene rings is 2. The first kappa shape index (κ1) is 12.4. The topological polar surface area (TPSA) is 20.2 Å². The number of aliphatic hydroxyl groups is 1. The molecule has 1 nitrogen and oxygen atoms in total. The lowest BCUT2D eigenvalue weighted by atomic mass is 9.86. The van der Waals surface area contributed by atoms with Crippen LogP contribution in [0.25, 0.3) is 16.8 Å². The maximum absolute atomic E-state index is 9.97. The Kier molecular flexibility index (Phi) is 3.65. The molecular weight excluding hydrogens is 232 g/mol. The third-order valence-electron chi connectivity index (χ3n) is 4.09. The van der Waals surface area contributed by atoms with Gasteiger partial charge in [0, 0.05) is 5.92 Å². The standard InChI is InChI=1S/C18H20O/c19-18-8-4-3-6-16(18)12-10-14-9-11-15-5-1-2-7-17(15)13-14/h1-2,5,7,9-13,16,18-19H,3-4,6,8H2/b12-10+/t16-,18+/m0/s1. The molecule has 1 saturated carbocycles. The molecule has 0 unspecified atom stereocenters. The van der Waals surface area contributed by atoms with Gasteiger partial charge >= 0.3 is 0 Å². The minimum Gasteiger partial charge on any atom is -0.393 e. The van der Waals surface area contributed by atoms with Crippen LogP contribution in [0.4, 0.5) is 0 Å². The van der Waals surface area contributed by atoms with Crippen molar-refractivity contribution in [3.8, 4) is 0 Å². The van der Waals surface area contributed by atoms with Crippen LogP contribution in [0.1, 0.15) is 31.2 Å². The van der Waals surface area contributed by atoms with Crippen molar-refractivity contribution < 1.29 is 5.11 Å². The second-order valence-corrected chi connectivity index (χ2v) is 5.48. The van der Waals surface area contributed by atoms with Crippen LogP contribution in [0.15, 0.2) is 48.5 Å². The van der Waals surface area contributed by atoms with E-state index in [1.54, 1.807) is 0 Å². The predicted octanol–water partition coefficient (Wildman–Crippen LogP) is 4.40. The minimum atomic E-state index is -0.148. The number of hydrogen-bond donors (Lipinski definition) is 1. The average Bonchev–Trinajstić information content (AvgIpc) is 2.46. The van der Waals surface area contributed by atoms with Crippen LogP contribution in [-0.2, 0) is 0 Å². The lowest BCUT2D eigenvalue weighted by molar-refractivity contribution is 0.0931. The first-order chi connectivity index (χ1) is 9.33. The first-order valence-corrected chi connectivity index (χ1v) is 7.18. The monoisotopic (exact) mass is 252 g/mol. The molecule has 0 radical (unpaired) electrons. The average molecular weight is 252 g/mol. The van der Waals surface area contributed by atoms with E-state index in [0.29, 0.717) is 5.92 Å². The SMILES string of the molecule is O[C@@H]1CCCC[C@H]1/C=C/c1ccc2ccccc2c1. The van der Waals surface area contributed by atoms with E-state index in [0.717, 1.165) is 12.8 Å². The summed E-state index contributed by atoms with van der Waals surface area (Å²) in [5.74, 6) is 0.334. The Bertz CT molecular complexity index is 585. The largest absolute Gasteiger partial charge is 0.393 e. The van der Waals surface area contributed by atoms with E-state index >= 15 is 0 Å². The number of hydrogen-bond acceptors (Lipinski definition) is 1. The van der Waals surface area contributed by atoms with Gasteiger partial charge in [-0.1, -0.05) is 61.4 Å². The van der Waals surface area contributed by atoms with Crippen molar-refractivity contribution in [2.75, 3.05) is 0 Å². The summed E-state index contributed by atoms with van der Waals surface area (Å²) in [6.07, 6.45) is 8.67. The molecule has 1 N–H and O–H groups in total. The number of aliphatic hydroxyl groups excluding tert-OH is 1. The van der Waals surface area contributed by atoms with Gasteiger partial charge in [-0.3, -0.25) is 0 Å². The summed E-state index contributed by atoms with van der Waals surface area (Å²) in [5, 5.41) is 12.5. The summed E-state index contributed by atoms with van der Waals surface area (Å²) >= 11 is 0. The van der Waals surface area contributed by atoms with Crippen LogP contribution < -0.4 is 0 Å². The van der Waals surface area contributed by atoms with Crippen LogP contribution in [0, 0.1) is 5.92 Å². The summed E-state index contributed by atoms with van der Waals surface area (Å²) < 4.78 is 0. The Balaban J connectivity index is 1.80. The molecule has 0 spiro atoms. The highest BCUT2D eigenvalue weighted by Gasteiger charge is 2.19. The molecule has 0 saturated heterocycles. The van der Waals surface area contributed by atoms with Crippen molar-refractivity contribution in [2.45, 2.75) is 31.8 Å². The molecule has 0 amide bonds. The summed E-state index contributed by atoms with van der Waals surface area (Å²) in [5.41, 5.74) is 1.22. The normalized spacial score (nSPS) is 24.1. The Morgan fingerprint density at radius 2 is 1.74 bits per heavy atom. The second kappa shape index (κ2) is 5.58. The van der Waals surface area contributed by atoms with Gasteiger partial charge in [0.05, 0.1) is 6.10 Å². The zero-order valence-electron chi connectivity index (χ0n) is 11.1. The molecule has 3 rings (SSSR count). The van der Waals surface area contributed by atoms with Crippen LogP contribution in [0.2, 0.25) is 0 Å². The summed E-state index contributed by atoms with van der Waals surface area (Å²) in [4.78, 5) is 0. The van der Waals surface area contributed by atoms with Crippen molar-refractivity contribution in [2.24, 2.45) is 5.92 Å². The van der Waals surface area contributed by atoms with E-state index in [2.05, 4.69) is 54.6 Å². The van der Waals surface area contributed by atoms with Gasteiger partial charge in [-0.2, -0.15) is 0 Å². The Hall–Kier alpha value is -1.60. The van der Waals surface area contributed by atoms with E-state index in [-0.39, 0.29) is 6.10 Å². The Labute approximate surface area is 114 Å². The molecule has 1 aliphatic rings. The lowest BCUT2D eigenvalue weighted by Crippen LogP contribution is -2.22. The molecule has 2 aromatic carbocycles. The maximum atomic E-state index is 9.97. The molecule has 1 aliphatic carbocycles. The van der Waals surface area contributed by atoms with Crippen LogP contribution in [0.5, 0.6) is 0 Å². The fourth-order valence-electron chi connectivity index (χ4n) is 2.91. The van der Waals surface area contributed by atoms with Gasteiger partial charge in [0.15, 0.2) is 0 Å². The van der Waals surface area contributed by atoms with Gasteiger partial charge < -0.3 is 5.11 Å². The van der Waals surface area contributed by atoms with Gasteiger partial charge in [-0.05, 0) is 35.2 Å². The van der Waals surface area contributed by atoms with E-state index in [4.69, 9.17) is 0 Å². The molecular formula is C18H20O. The minimum absolute atomic E-state index is 0.148. The van der Waals surface area contributed by atoms with Gasteiger partial charge in [0.25, 0.3) is 0 Å². The fourth-order valence-corrected chi connectivity index (χ4v) is 2.91. The predicted molar refractivity (Wildman–Crippen MR) is 80.9 cm³/mol. The zero-order chi connectivity index (χ0) is 13.1. The van der Waals surface area contributed by atoms with Gasteiger partial charge in [-0.25, -0.2) is 0 Å². The van der Waals surface area contributed by atoms with Crippen molar-refractivity contribution in [3.63, 3.8) is 0 Å². The number of fused-ring (bicyclic) bond motifs is 1. The molecule has 1 heteroatoms. The van der Waals surface area contributed by atoms with Crippen molar-refractivity contribution in [3.05, 3.63) is 54.1 Å². The summed E-state index contributed by atoms with van der Waals surface area (Å²) in [6.45, 7) is 0. The van der Waals surface area contributed by atoms with Crippen molar-refractivity contribution >= 4 is 16.8 Å². The van der Waals surface area contributed by atoms with Gasteiger partial charge in [-0.15, -0.1) is 0 Å². The molecule has 0 aromatic heterocycles.